The highest BCUT2D eigenvalue weighted by Gasteiger charge is 2.20. The second kappa shape index (κ2) is 12.6. The molecule has 0 aliphatic rings. The molecule has 4 rings (SSSR count). The average molecular weight is 515 g/mol. The topological polar surface area (TPSA) is 76.0 Å². The zero-order valence-electron chi connectivity index (χ0n) is 21.7. The van der Waals surface area contributed by atoms with Gasteiger partial charge in [-0.3, -0.25) is 9.59 Å². The third kappa shape index (κ3) is 6.41. The van der Waals surface area contributed by atoms with Crippen molar-refractivity contribution in [2.24, 2.45) is 0 Å². The van der Waals surface area contributed by atoms with Crippen LogP contribution in [0.4, 0.5) is 5.69 Å². The number of carbonyl (C=O) groups is 2. The van der Waals surface area contributed by atoms with Crippen molar-refractivity contribution in [2.45, 2.75) is 57.5 Å². The van der Waals surface area contributed by atoms with Crippen LogP contribution in [0.5, 0.6) is 0 Å². The molecule has 0 saturated heterocycles. The van der Waals surface area contributed by atoms with Gasteiger partial charge < -0.3 is 15.2 Å². The zero-order valence-corrected chi connectivity index (χ0v) is 22.5. The number of carbonyl (C=O) groups excluding carboxylic acids is 2. The molecule has 192 valence electrons. The smallest absolute Gasteiger partial charge is 0.251 e. The van der Waals surface area contributed by atoms with Crippen molar-refractivity contribution < 1.29 is 9.59 Å². The highest BCUT2D eigenvalue weighted by Crippen LogP contribution is 2.28. The summed E-state index contributed by atoms with van der Waals surface area (Å²) < 4.78 is 2.30. The van der Waals surface area contributed by atoms with Crippen molar-refractivity contribution in [1.29, 1.82) is 0 Å². The molecule has 0 aliphatic carbocycles. The molecule has 1 unspecified atom stereocenters. The van der Waals surface area contributed by atoms with Crippen LogP contribution >= 0.6 is 11.8 Å². The summed E-state index contributed by atoms with van der Waals surface area (Å²) in [5.41, 5.74) is 5.74. The van der Waals surface area contributed by atoms with Crippen LogP contribution in [0.2, 0.25) is 0 Å². The largest absolute Gasteiger partial charge is 0.343 e. The molecule has 6 nitrogen and oxygen atoms in total. The fraction of sp³-hybridized carbons (Fsp3) is 0.300. The minimum atomic E-state index is -0.774. The van der Waals surface area contributed by atoms with Crippen LogP contribution in [0.1, 0.15) is 50.3 Å². The number of hydrogen-bond acceptors (Lipinski definition) is 4. The fourth-order valence-corrected chi connectivity index (χ4v) is 5.09. The van der Waals surface area contributed by atoms with Crippen molar-refractivity contribution >= 4 is 40.8 Å². The van der Waals surface area contributed by atoms with Gasteiger partial charge in [0.25, 0.3) is 5.91 Å². The number of rotatable bonds is 12. The lowest BCUT2D eigenvalue weighted by Gasteiger charge is -2.17. The van der Waals surface area contributed by atoms with E-state index in [0.717, 1.165) is 58.0 Å². The SMILES string of the molecule is CCCCCn1c(-c2ccc(NC(=O)C(NC=O)c3ccc(SCC)cc3)cc2)nc2ccc(C)cc21. The van der Waals surface area contributed by atoms with Gasteiger partial charge in [-0.2, -0.15) is 0 Å². The van der Waals surface area contributed by atoms with Crippen LogP contribution in [0.3, 0.4) is 0 Å². The van der Waals surface area contributed by atoms with E-state index >= 15 is 0 Å². The Hall–Kier alpha value is -3.58. The quantitative estimate of drug-likeness (QED) is 0.125. The zero-order chi connectivity index (χ0) is 26.2. The summed E-state index contributed by atoms with van der Waals surface area (Å²) in [6.45, 7) is 7.32. The Labute approximate surface area is 222 Å². The molecule has 2 N–H and O–H groups in total. The molecule has 4 aromatic rings. The first kappa shape index (κ1) is 26.5. The maximum Gasteiger partial charge on any atom is 0.251 e. The molecule has 0 bridgehead atoms. The van der Waals surface area contributed by atoms with Gasteiger partial charge in [-0.05, 0) is 78.8 Å². The first-order chi connectivity index (χ1) is 18.0. The monoisotopic (exact) mass is 514 g/mol. The van der Waals surface area contributed by atoms with E-state index in [0.29, 0.717) is 12.1 Å². The van der Waals surface area contributed by atoms with Gasteiger partial charge in [-0.25, -0.2) is 4.98 Å². The molecule has 1 heterocycles. The van der Waals surface area contributed by atoms with Crippen molar-refractivity contribution in [3.63, 3.8) is 0 Å². The van der Waals surface area contributed by atoms with Gasteiger partial charge in [0.05, 0.1) is 11.0 Å². The number of nitrogens with zero attached hydrogens (tertiary/aromatic N) is 2. The summed E-state index contributed by atoms with van der Waals surface area (Å²) in [7, 11) is 0. The van der Waals surface area contributed by atoms with Gasteiger partial charge in [-0.1, -0.05) is 44.9 Å². The third-order valence-corrected chi connectivity index (χ3v) is 7.22. The Morgan fingerprint density at radius 3 is 2.46 bits per heavy atom. The number of nitrogens with one attached hydrogen (secondary N) is 2. The summed E-state index contributed by atoms with van der Waals surface area (Å²) in [6, 6.07) is 21.0. The molecule has 0 aliphatic heterocycles. The standard InChI is InChI=1S/C30H34N4O2S/c1-4-6-7-18-34-27-19-21(3)8-17-26(27)33-29(34)23-9-13-24(14-10-23)32-30(36)28(31-20-35)22-11-15-25(16-12-22)37-5-2/h8-17,19-20,28H,4-7,18H2,1-3H3,(H,31,35)(H,32,36). The summed E-state index contributed by atoms with van der Waals surface area (Å²) in [5.74, 6) is 1.61. The molecule has 0 spiro atoms. The molecular weight excluding hydrogens is 480 g/mol. The molecular formula is C30H34N4O2S. The summed E-state index contributed by atoms with van der Waals surface area (Å²) in [4.78, 5) is 30.4. The molecule has 37 heavy (non-hydrogen) atoms. The second-order valence-corrected chi connectivity index (χ2v) is 10.4. The van der Waals surface area contributed by atoms with E-state index in [1.807, 2.05) is 48.5 Å². The van der Waals surface area contributed by atoms with Crippen molar-refractivity contribution in [3.8, 4) is 11.4 Å². The van der Waals surface area contributed by atoms with Crippen LogP contribution in [-0.4, -0.2) is 27.6 Å². The normalized spacial score (nSPS) is 11.9. The number of aromatic nitrogens is 2. The number of hydrogen-bond donors (Lipinski definition) is 2. The lowest BCUT2D eigenvalue weighted by molar-refractivity contribution is -0.121. The van der Waals surface area contributed by atoms with Gasteiger partial charge in [0.1, 0.15) is 11.9 Å². The highest BCUT2D eigenvalue weighted by molar-refractivity contribution is 7.99. The molecule has 2 amide bonds. The number of amides is 2. The van der Waals surface area contributed by atoms with Crippen LogP contribution in [0.15, 0.2) is 71.6 Å². The van der Waals surface area contributed by atoms with E-state index in [-0.39, 0.29) is 5.91 Å². The van der Waals surface area contributed by atoms with Crippen LogP contribution in [-0.2, 0) is 16.1 Å². The third-order valence-electron chi connectivity index (χ3n) is 6.32. The molecule has 0 fully saturated rings. The Kier molecular flexibility index (Phi) is 9.01. The van der Waals surface area contributed by atoms with E-state index in [4.69, 9.17) is 4.98 Å². The van der Waals surface area contributed by atoms with Gasteiger partial charge in [0.15, 0.2) is 0 Å². The van der Waals surface area contributed by atoms with Crippen LogP contribution in [0, 0.1) is 6.92 Å². The minimum Gasteiger partial charge on any atom is -0.343 e. The summed E-state index contributed by atoms with van der Waals surface area (Å²) in [5, 5.41) is 5.59. The van der Waals surface area contributed by atoms with Crippen LogP contribution < -0.4 is 10.6 Å². The van der Waals surface area contributed by atoms with E-state index in [2.05, 4.69) is 54.2 Å². The predicted octanol–water partition coefficient (Wildman–Crippen LogP) is 6.74. The Morgan fingerprint density at radius 1 is 1.03 bits per heavy atom. The summed E-state index contributed by atoms with van der Waals surface area (Å²) in [6.07, 6.45) is 4.00. The maximum absolute atomic E-state index is 13.1. The predicted molar refractivity (Wildman–Crippen MR) is 153 cm³/mol. The van der Waals surface area contributed by atoms with E-state index < -0.39 is 6.04 Å². The average Bonchev–Trinajstić information content (AvgIpc) is 3.26. The van der Waals surface area contributed by atoms with E-state index in [9.17, 15) is 9.59 Å². The lowest BCUT2D eigenvalue weighted by Crippen LogP contribution is -2.32. The molecule has 0 saturated carbocycles. The van der Waals surface area contributed by atoms with Gasteiger partial charge in [-0.15, -0.1) is 11.8 Å². The van der Waals surface area contributed by atoms with E-state index in [1.165, 1.54) is 12.0 Å². The Bertz CT molecular complexity index is 1350. The molecule has 3 aromatic carbocycles. The number of benzene rings is 3. The fourth-order valence-electron chi connectivity index (χ4n) is 4.43. The number of aryl methyl sites for hydroxylation is 2. The van der Waals surface area contributed by atoms with Crippen molar-refractivity contribution in [3.05, 3.63) is 77.9 Å². The Balaban J connectivity index is 1.55. The van der Waals surface area contributed by atoms with Gasteiger partial charge in [0, 0.05) is 22.7 Å². The minimum absolute atomic E-state index is 0.293. The number of fused-ring (bicyclic) bond motifs is 1. The van der Waals surface area contributed by atoms with Crippen LogP contribution in [0.25, 0.3) is 22.4 Å². The van der Waals surface area contributed by atoms with Crippen molar-refractivity contribution in [2.75, 3.05) is 11.1 Å². The Morgan fingerprint density at radius 2 is 1.78 bits per heavy atom. The maximum atomic E-state index is 13.1. The van der Waals surface area contributed by atoms with Gasteiger partial charge in [0.2, 0.25) is 6.41 Å². The number of imidazole rings is 1. The number of thioether (sulfide) groups is 1. The first-order valence-electron chi connectivity index (χ1n) is 12.8. The molecule has 0 radical (unpaired) electrons. The highest BCUT2D eigenvalue weighted by atomic mass is 32.2. The summed E-state index contributed by atoms with van der Waals surface area (Å²) >= 11 is 1.73. The van der Waals surface area contributed by atoms with Gasteiger partial charge >= 0.3 is 0 Å². The van der Waals surface area contributed by atoms with E-state index in [1.54, 1.807) is 11.8 Å². The molecule has 1 aromatic heterocycles. The lowest BCUT2D eigenvalue weighted by atomic mass is 10.1. The first-order valence-corrected chi connectivity index (χ1v) is 13.8. The number of unbranched alkanes of at least 4 members (excludes halogenated alkanes) is 2. The second-order valence-electron chi connectivity index (χ2n) is 9.07. The number of anilines is 1. The molecule has 7 heteroatoms. The molecule has 1 atom stereocenters. The van der Waals surface area contributed by atoms with Crippen molar-refractivity contribution in [1.82, 2.24) is 14.9 Å².